The summed E-state index contributed by atoms with van der Waals surface area (Å²) in [6, 6.07) is 11.1. The van der Waals surface area contributed by atoms with Crippen LogP contribution in [-0.4, -0.2) is 42.0 Å². The summed E-state index contributed by atoms with van der Waals surface area (Å²) < 4.78 is 25.2. The Labute approximate surface area is 158 Å². The zero-order chi connectivity index (χ0) is 19.4. The number of aromatic nitrogens is 1. The maximum Gasteiger partial charge on any atom is 0.280 e. The van der Waals surface area contributed by atoms with E-state index in [1.807, 2.05) is 24.0 Å². The van der Waals surface area contributed by atoms with Crippen LogP contribution in [0.3, 0.4) is 0 Å². The molecule has 1 aliphatic heterocycles. The highest BCUT2D eigenvalue weighted by molar-refractivity contribution is 5.73. The van der Waals surface area contributed by atoms with Crippen LogP contribution < -0.4 is 10.2 Å². The summed E-state index contributed by atoms with van der Waals surface area (Å²) in [5.41, 5.74) is 2.72. The van der Waals surface area contributed by atoms with Crippen LogP contribution in [0.15, 0.2) is 42.6 Å². The second-order valence-corrected chi connectivity index (χ2v) is 6.72. The van der Waals surface area contributed by atoms with Gasteiger partial charge in [0.1, 0.15) is 5.69 Å². The van der Waals surface area contributed by atoms with E-state index in [9.17, 15) is 13.6 Å². The maximum absolute atomic E-state index is 12.6. The van der Waals surface area contributed by atoms with Crippen LogP contribution >= 0.6 is 0 Å². The Morgan fingerprint density at radius 2 is 1.74 bits per heavy atom. The van der Waals surface area contributed by atoms with Crippen molar-refractivity contribution in [1.82, 2.24) is 9.88 Å². The smallest absolute Gasteiger partial charge is 0.280 e. The highest BCUT2D eigenvalue weighted by Gasteiger charge is 2.18. The number of carbonyl (C=O) groups excluding carboxylic acids is 1. The van der Waals surface area contributed by atoms with Crippen molar-refractivity contribution >= 4 is 17.3 Å². The minimum Gasteiger partial charge on any atom is -0.378 e. The first-order valence-electron chi connectivity index (χ1n) is 9.05. The molecule has 0 saturated carbocycles. The molecular weight excluding hydrogens is 350 g/mol. The number of alkyl halides is 2. The number of benzene rings is 1. The number of halogens is 2. The molecule has 1 aliphatic rings. The summed E-state index contributed by atoms with van der Waals surface area (Å²) in [7, 11) is 0. The molecule has 1 atom stereocenters. The predicted molar refractivity (Wildman–Crippen MR) is 102 cm³/mol. The molecule has 0 bridgehead atoms. The summed E-state index contributed by atoms with van der Waals surface area (Å²) in [4.78, 5) is 19.4. The zero-order valence-corrected chi connectivity index (χ0v) is 15.5. The van der Waals surface area contributed by atoms with Crippen LogP contribution in [0.1, 0.15) is 37.6 Å². The van der Waals surface area contributed by atoms with Crippen LogP contribution in [0.5, 0.6) is 0 Å². The van der Waals surface area contributed by atoms with Crippen molar-refractivity contribution in [3.05, 3.63) is 53.9 Å². The third kappa shape index (κ3) is 4.72. The van der Waals surface area contributed by atoms with E-state index < -0.39 is 6.43 Å². The lowest BCUT2D eigenvalue weighted by Crippen LogP contribution is -2.48. The van der Waals surface area contributed by atoms with E-state index in [0.29, 0.717) is 0 Å². The van der Waals surface area contributed by atoms with Gasteiger partial charge in [-0.3, -0.25) is 9.78 Å². The van der Waals surface area contributed by atoms with Gasteiger partial charge in [-0.05, 0) is 42.8 Å². The van der Waals surface area contributed by atoms with Crippen molar-refractivity contribution in [1.29, 1.82) is 0 Å². The van der Waals surface area contributed by atoms with E-state index in [-0.39, 0.29) is 17.6 Å². The third-order valence-corrected chi connectivity index (χ3v) is 4.87. The molecule has 2 aromatic rings. The van der Waals surface area contributed by atoms with Crippen molar-refractivity contribution in [2.75, 3.05) is 36.4 Å². The molecular formula is C20H24F2N4O. The zero-order valence-electron chi connectivity index (χ0n) is 15.5. The second kappa shape index (κ2) is 8.33. The lowest BCUT2D eigenvalue weighted by molar-refractivity contribution is -0.129. The largest absolute Gasteiger partial charge is 0.378 e. The molecule has 1 saturated heterocycles. The Kier molecular flexibility index (Phi) is 5.88. The molecule has 3 rings (SSSR count). The highest BCUT2D eigenvalue weighted by atomic mass is 19.3. The number of anilines is 2. The molecule has 27 heavy (non-hydrogen) atoms. The maximum atomic E-state index is 12.6. The van der Waals surface area contributed by atoms with Gasteiger partial charge in [0.25, 0.3) is 6.43 Å². The standard InChI is InChI=1S/C20H24F2N4O/c1-14(16-3-8-19(20(21)22)23-13-16)24-17-4-6-18(7-5-17)26-11-9-25(10-12-26)15(2)27/h3-8,13-14,20,24H,9-12H2,1-2H3. The molecule has 0 aliphatic carbocycles. The average molecular weight is 374 g/mol. The number of nitrogens with zero attached hydrogens (tertiary/aromatic N) is 3. The van der Waals surface area contributed by atoms with Gasteiger partial charge >= 0.3 is 0 Å². The van der Waals surface area contributed by atoms with Gasteiger partial charge in [0.05, 0.1) is 6.04 Å². The Morgan fingerprint density at radius 3 is 2.26 bits per heavy atom. The quantitative estimate of drug-likeness (QED) is 0.863. The van der Waals surface area contributed by atoms with Crippen LogP contribution in [0, 0.1) is 0 Å². The van der Waals surface area contributed by atoms with Crippen LogP contribution in [0.2, 0.25) is 0 Å². The fourth-order valence-corrected chi connectivity index (χ4v) is 3.18. The summed E-state index contributed by atoms with van der Waals surface area (Å²) in [5, 5.41) is 3.36. The van der Waals surface area contributed by atoms with E-state index in [1.54, 1.807) is 13.0 Å². The minimum atomic E-state index is -2.55. The Balaban J connectivity index is 1.58. The van der Waals surface area contributed by atoms with E-state index >= 15 is 0 Å². The Hall–Kier alpha value is -2.70. The Morgan fingerprint density at radius 1 is 1.07 bits per heavy atom. The van der Waals surface area contributed by atoms with E-state index in [1.165, 1.54) is 12.3 Å². The van der Waals surface area contributed by atoms with Gasteiger partial charge in [0, 0.05) is 50.7 Å². The lowest BCUT2D eigenvalue weighted by atomic mass is 10.1. The van der Waals surface area contributed by atoms with E-state index in [4.69, 9.17) is 0 Å². The third-order valence-electron chi connectivity index (χ3n) is 4.87. The number of piperazine rings is 1. The van der Waals surface area contributed by atoms with Crippen LogP contribution in [-0.2, 0) is 4.79 Å². The number of pyridine rings is 1. The Bertz CT molecular complexity index is 757. The number of amides is 1. The predicted octanol–water partition coefficient (Wildman–Crippen LogP) is 3.86. The molecule has 1 N–H and O–H groups in total. The van der Waals surface area contributed by atoms with Gasteiger partial charge in [0.2, 0.25) is 5.91 Å². The first-order chi connectivity index (χ1) is 12.9. The fourth-order valence-electron chi connectivity index (χ4n) is 3.18. The summed E-state index contributed by atoms with van der Waals surface area (Å²) in [5.74, 6) is 0.124. The number of carbonyl (C=O) groups is 1. The molecule has 1 aromatic carbocycles. The number of hydrogen-bond acceptors (Lipinski definition) is 4. The van der Waals surface area contributed by atoms with Crippen LogP contribution in [0.4, 0.5) is 20.2 Å². The van der Waals surface area contributed by atoms with Crippen molar-refractivity contribution in [2.24, 2.45) is 0 Å². The molecule has 1 unspecified atom stereocenters. The monoisotopic (exact) mass is 374 g/mol. The lowest BCUT2D eigenvalue weighted by Gasteiger charge is -2.35. The summed E-state index contributed by atoms with van der Waals surface area (Å²) in [6.07, 6.45) is -1.06. The van der Waals surface area contributed by atoms with Crippen LogP contribution in [0.25, 0.3) is 0 Å². The number of hydrogen-bond donors (Lipinski definition) is 1. The average Bonchev–Trinajstić information content (AvgIpc) is 2.68. The first-order valence-corrected chi connectivity index (χ1v) is 9.05. The van der Waals surface area contributed by atoms with E-state index in [0.717, 1.165) is 43.1 Å². The van der Waals surface area contributed by atoms with E-state index in [2.05, 4.69) is 27.3 Å². The minimum absolute atomic E-state index is 0.0471. The van der Waals surface area contributed by atoms with Gasteiger partial charge in [-0.15, -0.1) is 0 Å². The number of rotatable bonds is 5. The molecule has 7 heteroatoms. The van der Waals surface area contributed by atoms with Crippen molar-refractivity contribution in [2.45, 2.75) is 26.3 Å². The van der Waals surface area contributed by atoms with Gasteiger partial charge < -0.3 is 15.1 Å². The fraction of sp³-hybridized carbons (Fsp3) is 0.400. The SMILES string of the molecule is CC(=O)N1CCN(c2ccc(NC(C)c3ccc(C(F)F)nc3)cc2)CC1. The van der Waals surface area contributed by atoms with Gasteiger partial charge in [-0.1, -0.05) is 6.07 Å². The summed E-state index contributed by atoms with van der Waals surface area (Å²) >= 11 is 0. The molecule has 1 amide bonds. The molecule has 5 nitrogen and oxygen atoms in total. The molecule has 2 heterocycles. The first kappa shape index (κ1) is 19.1. The molecule has 1 fully saturated rings. The number of nitrogens with one attached hydrogen (secondary N) is 1. The van der Waals surface area contributed by atoms with Gasteiger partial charge in [-0.25, -0.2) is 8.78 Å². The summed E-state index contributed by atoms with van der Waals surface area (Å²) in [6.45, 7) is 6.71. The molecule has 144 valence electrons. The van der Waals surface area contributed by atoms with Gasteiger partial charge in [-0.2, -0.15) is 0 Å². The highest BCUT2D eigenvalue weighted by Crippen LogP contribution is 2.24. The van der Waals surface area contributed by atoms with Crippen molar-refractivity contribution < 1.29 is 13.6 Å². The topological polar surface area (TPSA) is 48.5 Å². The van der Waals surface area contributed by atoms with Crippen molar-refractivity contribution in [3.8, 4) is 0 Å². The normalized spacial score (nSPS) is 15.7. The molecule has 0 radical (unpaired) electrons. The second-order valence-electron chi connectivity index (χ2n) is 6.72. The molecule has 1 aromatic heterocycles. The molecule has 0 spiro atoms. The van der Waals surface area contributed by atoms with Crippen molar-refractivity contribution in [3.63, 3.8) is 0 Å². The van der Waals surface area contributed by atoms with Gasteiger partial charge in [0.15, 0.2) is 0 Å².